The van der Waals surface area contributed by atoms with E-state index in [4.69, 9.17) is 26.5 Å². The summed E-state index contributed by atoms with van der Waals surface area (Å²) in [4.78, 5) is 0. The molecular weight excluding hydrogens is 498 g/mol. The van der Waals surface area contributed by atoms with E-state index in [1.165, 1.54) is 12.8 Å². The predicted octanol–water partition coefficient (Wildman–Crippen LogP) is 8.08. The van der Waals surface area contributed by atoms with Crippen LogP contribution < -0.4 is 0 Å². The van der Waals surface area contributed by atoms with E-state index >= 15 is 0 Å². The summed E-state index contributed by atoms with van der Waals surface area (Å²) >= 11 is -0.826. The van der Waals surface area contributed by atoms with Crippen molar-refractivity contribution in [1.29, 1.82) is 0 Å². The number of halogens is 2. The van der Waals surface area contributed by atoms with Crippen LogP contribution in [0.15, 0.2) is 60.7 Å². The van der Waals surface area contributed by atoms with Gasteiger partial charge in [0.15, 0.2) is 0 Å². The Hall–Kier alpha value is -0.577. The van der Waals surface area contributed by atoms with Crippen LogP contribution in [0.2, 0.25) is 0 Å². The molecule has 0 bridgehead atoms. The summed E-state index contributed by atoms with van der Waals surface area (Å²) in [6.45, 7) is 7.28. The van der Waals surface area contributed by atoms with Gasteiger partial charge in [-0.05, 0) is 0 Å². The van der Waals surface area contributed by atoms with E-state index in [1.54, 1.807) is 0 Å². The molecule has 0 aliphatic carbocycles. The van der Waals surface area contributed by atoms with Crippen molar-refractivity contribution in [3.8, 4) is 0 Å². The minimum atomic E-state index is -0.826. The third kappa shape index (κ3) is 17.1. The third-order valence-corrected chi connectivity index (χ3v) is 3.82. The van der Waals surface area contributed by atoms with Crippen LogP contribution in [0.3, 0.4) is 0 Å². The number of hydrogen-bond acceptors (Lipinski definition) is 2. The molecule has 4 rings (SSSR count). The molecule has 2 saturated heterocycles. The molecule has 2 aromatic carbocycles. The van der Waals surface area contributed by atoms with Crippen LogP contribution in [-0.4, -0.2) is 26.3 Å². The van der Waals surface area contributed by atoms with Gasteiger partial charge in [-0.25, -0.2) is 13.2 Å². The molecule has 0 atom stereocenters. The van der Waals surface area contributed by atoms with E-state index < -0.39 is 20.8 Å². The van der Waals surface area contributed by atoms with Crippen molar-refractivity contribution in [1.82, 2.24) is 0 Å². The first kappa shape index (κ1) is 27.5. The molecule has 0 N–H and O–H groups in total. The van der Waals surface area contributed by atoms with Crippen molar-refractivity contribution in [3.05, 3.63) is 84.5 Å². The summed E-state index contributed by atoms with van der Waals surface area (Å²) in [7, 11) is 9.87. The molecule has 30 heavy (non-hydrogen) atoms. The molecule has 0 spiro atoms. The van der Waals surface area contributed by atoms with Crippen LogP contribution in [0.25, 0.3) is 10.6 Å². The average molecular weight is 529 g/mol. The number of ether oxygens (including phenoxy) is 2. The van der Waals surface area contributed by atoms with Gasteiger partial charge in [0.05, 0.1) is 0 Å². The Balaban J connectivity index is 0.000000279. The Labute approximate surface area is 200 Å². The zero-order chi connectivity index (χ0) is 21.5. The summed E-state index contributed by atoms with van der Waals surface area (Å²) < 4.78 is 9.64. The molecule has 0 unspecified atom stereocenters. The Kier molecular flexibility index (Phi) is 19.8. The van der Waals surface area contributed by atoms with Crippen molar-refractivity contribution in [2.45, 2.75) is 32.1 Å². The number of para-hydroxylation sites is 2. The number of hydrogen-bond donors (Lipinski definition) is 0. The van der Waals surface area contributed by atoms with E-state index in [9.17, 15) is 0 Å². The second-order valence-electron chi connectivity index (χ2n) is 6.22. The first-order chi connectivity index (χ1) is 14.9. The van der Waals surface area contributed by atoms with Crippen molar-refractivity contribution in [3.63, 3.8) is 0 Å². The van der Waals surface area contributed by atoms with Gasteiger partial charge in [-0.2, -0.15) is 12.8 Å². The SMILES string of the molecule is [CH-]1CCCO1.[CH-]1CCCO1.[Cl][Zr][Cl].c1ccc([N-]CCC[N-]c2ccccc2)cc1. The Morgan fingerprint density at radius 1 is 0.733 bits per heavy atom. The second kappa shape index (κ2) is 21.6. The van der Waals surface area contributed by atoms with E-state index in [-0.39, 0.29) is 0 Å². The van der Waals surface area contributed by atoms with Crippen LogP contribution >= 0.6 is 17.0 Å². The van der Waals surface area contributed by atoms with Crippen LogP contribution in [0, 0.1) is 13.2 Å². The summed E-state index contributed by atoms with van der Waals surface area (Å²) in [5.74, 6) is 0. The summed E-state index contributed by atoms with van der Waals surface area (Å²) in [6.07, 6.45) is 5.74. The molecule has 2 aromatic rings. The van der Waals surface area contributed by atoms with Crippen molar-refractivity contribution in [2.75, 3.05) is 26.3 Å². The second-order valence-corrected chi connectivity index (χ2v) is 9.95. The van der Waals surface area contributed by atoms with Gasteiger partial charge in [0.2, 0.25) is 0 Å². The average Bonchev–Trinajstić information content (AvgIpc) is 3.55. The van der Waals surface area contributed by atoms with Crippen molar-refractivity contribution < 1.29 is 30.3 Å². The van der Waals surface area contributed by atoms with Crippen molar-refractivity contribution in [2.24, 2.45) is 0 Å². The molecule has 2 heterocycles. The van der Waals surface area contributed by atoms with Gasteiger partial charge in [-0.15, -0.1) is 24.5 Å². The molecule has 7 heteroatoms. The maximum Gasteiger partial charge on any atom is -0.0624 e. The molecular formula is C23H30Cl2N2O2Zr-4. The standard InChI is InChI=1S/C15H16N2.2C4H7O.2ClH.Zr/c1-3-8-14(9-4-1)16-12-7-13-17-15-10-5-2-6-11-15;2*1-2-4-5-3-1;;;/h1-6,8-11H,7,12-13H2;2*3H,1-2,4H2;2*1H;/q-2;2*-1;;;+2/p-2. The normalized spacial score (nSPS) is 14.1. The van der Waals surface area contributed by atoms with Crippen LogP contribution in [0.1, 0.15) is 32.1 Å². The maximum absolute atomic E-state index is 4.93. The van der Waals surface area contributed by atoms with Crippen molar-refractivity contribution >= 4 is 28.4 Å². The molecule has 166 valence electrons. The minimum Gasteiger partial charge on any atom is -0.684 e. The fraction of sp³-hybridized carbons (Fsp3) is 0.391. The summed E-state index contributed by atoms with van der Waals surface area (Å²) in [5.41, 5.74) is 2.10. The largest absolute Gasteiger partial charge is 0.684 e. The smallest absolute Gasteiger partial charge is 0.0624 e. The Bertz CT molecular complexity index is 520. The van der Waals surface area contributed by atoms with Crippen LogP contribution in [0.5, 0.6) is 0 Å². The minimum absolute atomic E-state index is 0.826. The fourth-order valence-corrected chi connectivity index (χ4v) is 2.39. The monoisotopic (exact) mass is 526 g/mol. The molecule has 0 amide bonds. The van der Waals surface area contributed by atoms with E-state index in [2.05, 4.69) is 10.6 Å². The topological polar surface area (TPSA) is 46.7 Å². The molecule has 0 saturated carbocycles. The first-order valence-electron chi connectivity index (χ1n) is 10.1. The predicted molar refractivity (Wildman–Crippen MR) is 124 cm³/mol. The first-order valence-corrected chi connectivity index (χ1v) is 16.5. The Morgan fingerprint density at radius 3 is 1.40 bits per heavy atom. The number of nitrogens with zero attached hydrogens (tertiary/aromatic N) is 2. The third-order valence-electron chi connectivity index (χ3n) is 3.82. The maximum atomic E-state index is 4.93. The van der Waals surface area contributed by atoms with Crippen LogP contribution in [-0.2, 0) is 30.3 Å². The summed E-state index contributed by atoms with van der Waals surface area (Å²) in [6, 6.07) is 20.1. The zero-order valence-corrected chi connectivity index (χ0v) is 21.2. The van der Waals surface area contributed by atoms with Gasteiger partial charge >= 0.3 is 37.9 Å². The van der Waals surface area contributed by atoms with E-state index in [0.717, 1.165) is 56.9 Å². The zero-order valence-electron chi connectivity index (χ0n) is 17.3. The van der Waals surface area contributed by atoms with E-state index in [0.29, 0.717) is 0 Å². The molecule has 2 aliphatic heterocycles. The van der Waals surface area contributed by atoms with Gasteiger partial charge in [-0.1, -0.05) is 79.9 Å². The summed E-state index contributed by atoms with van der Waals surface area (Å²) in [5, 5.41) is 8.95. The molecule has 0 radical (unpaired) electrons. The van der Waals surface area contributed by atoms with Crippen LogP contribution in [0.4, 0.5) is 11.4 Å². The molecule has 4 nitrogen and oxygen atoms in total. The van der Waals surface area contributed by atoms with Gasteiger partial charge in [0, 0.05) is 13.2 Å². The molecule has 2 aliphatic rings. The van der Waals surface area contributed by atoms with Gasteiger partial charge < -0.3 is 20.1 Å². The van der Waals surface area contributed by atoms with E-state index in [1.807, 2.05) is 73.9 Å². The number of benzene rings is 2. The van der Waals surface area contributed by atoms with Gasteiger partial charge in [0.1, 0.15) is 0 Å². The number of rotatable bonds is 6. The fourth-order valence-electron chi connectivity index (χ4n) is 2.39. The molecule has 0 aromatic heterocycles. The molecule has 2 fully saturated rings. The quantitative estimate of drug-likeness (QED) is 0.281. The van der Waals surface area contributed by atoms with Gasteiger partial charge in [0.25, 0.3) is 0 Å². The Morgan fingerprint density at radius 2 is 1.13 bits per heavy atom. The van der Waals surface area contributed by atoms with Gasteiger partial charge in [-0.3, -0.25) is 0 Å².